The van der Waals surface area contributed by atoms with Gasteiger partial charge in [0.1, 0.15) is 5.82 Å². The predicted octanol–water partition coefficient (Wildman–Crippen LogP) is 3.63. The molecule has 3 rings (SSSR count). The minimum Gasteiger partial charge on any atom is -0.249 e. The van der Waals surface area contributed by atoms with Gasteiger partial charge in [0.2, 0.25) is 0 Å². The number of benzene rings is 1. The molecule has 3 nitrogen and oxygen atoms in total. The zero-order valence-electron chi connectivity index (χ0n) is 11.3. The second-order valence-corrected chi connectivity index (χ2v) is 5.08. The lowest BCUT2D eigenvalue weighted by Gasteiger charge is -2.22. The third-order valence-corrected chi connectivity index (χ3v) is 3.82. The molecule has 2 heterocycles. The molecule has 1 unspecified atom stereocenters. The smallest absolute Gasteiger partial charge is 0.176 e. The van der Waals surface area contributed by atoms with Gasteiger partial charge in [0.25, 0.3) is 0 Å². The van der Waals surface area contributed by atoms with Crippen LogP contribution in [-0.2, 0) is 6.54 Å². The Labute approximate surface area is 114 Å². The van der Waals surface area contributed by atoms with E-state index in [1.807, 2.05) is 0 Å². The van der Waals surface area contributed by atoms with Crippen molar-refractivity contribution in [1.29, 1.82) is 0 Å². The van der Waals surface area contributed by atoms with Crippen LogP contribution in [0.15, 0.2) is 36.9 Å². The van der Waals surface area contributed by atoms with Gasteiger partial charge in [-0.15, -0.1) is 0 Å². The highest BCUT2D eigenvalue weighted by atomic mass is 15.4. The van der Waals surface area contributed by atoms with E-state index >= 15 is 0 Å². The van der Waals surface area contributed by atoms with Crippen molar-refractivity contribution in [2.75, 3.05) is 0 Å². The van der Waals surface area contributed by atoms with E-state index < -0.39 is 0 Å². The van der Waals surface area contributed by atoms with Crippen LogP contribution in [0.4, 0.5) is 0 Å². The van der Waals surface area contributed by atoms with Gasteiger partial charge in [0.05, 0.1) is 0 Å². The lowest BCUT2D eigenvalue weighted by molar-refractivity contribution is 0.445. The van der Waals surface area contributed by atoms with Crippen molar-refractivity contribution in [2.45, 2.75) is 38.6 Å². The molecule has 1 atom stereocenters. The molecule has 0 aliphatic carbocycles. The molecule has 0 spiro atoms. The van der Waals surface area contributed by atoms with Gasteiger partial charge in [-0.25, -0.2) is 9.67 Å². The average Bonchev–Trinajstić information content (AvgIpc) is 2.91. The van der Waals surface area contributed by atoms with Gasteiger partial charge in [0, 0.05) is 12.5 Å². The highest BCUT2D eigenvalue weighted by Gasteiger charge is 2.25. The minimum absolute atomic E-state index is 0.376. The summed E-state index contributed by atoms with van der Waals surface area (Å²) in [6.45, 7) is 7.12. The lowest BCUT2D eigenvalue weighted by Crippen LogP contribution is -2.17. The Hall–Kier alpha value is -1.90. The van der Waals surface area contributed by atoms with Crippen LogP contribution in [0.5, 0.6) is 0 Å². The van der Waals surface area contributed by atoms with E-state index in [9.17, 15) is 0 Å². The molecule has 0 amide bonds. The van der Waals surface area contributed by atoms with Gasteiger partial charge in [-0.1, -0.05) is 43.8 Å². The summed E-state index contributed by atoms with van der Waals surface area (Å²) in [6.07, 6.45) is 3.22. The number of hydrogen-bond acceptors (Lipinski definition) is 2. The Balaban J connectivity index is 2.00. The van der Waals surface area contributed by atoms with Gasteiger partial charge >= 0.3 is 0 Å². The fourth-order valence-electron chi connectivity index (χ4n) is 2.66. The van der Waals surface area contributed by atoms with Crippen molar-refractivity contribution in [2.24, 2.45) is 0 Å². The number of fused-ring (bicyclic) bond motifs is 1. The van der Waals surface area contributed by atoms with Gasteiger partial charge < -0.3 is 0 Å². The van der Waals surface area contributed by atoms with E-state index in [2.05, 4.69) is 53.6 Å². The second kappa shape index (κ2) is 5.00. The number of aromatic nitrogens is 3. The Bertz CT molecular complexity index is 583. The maximum Gasteiger partial charge on any atom is 0.176 e. The average molecular weight is 253 g/mol. The molecule has 1 aromatic carbocycles. The molecule has 98 valence electrons. The van der Waals surface area contributed by atoms with Crippen molar-refractivity contribution in [1.82, 2.24) is 14.8 Å². The number of rotatable bonds is 3. The lowest BCUT2D eigenvalue weighted by atomic mass is 9.91. The molecule has 19 heavy (non-hydrogen) atoms. The first-order valence-electron chi connectivity index (χ1n) is 6.97. The SMILES string of the molecule is C=C(CC)c1nc2n(n1)CCCC2c1ccccc1. The Morgan fingerprint density at radius 1 is 1.37 bits per heavy atom. The van der Waals surface area contributed by atoms with Crippen LogP contribution in [0.1, 0.15) is 49.3 Å². The van der Waals surface area contributed by atoms with Crippen LogP contribution in [0.3, 0.4) is 0 Å². The number of nitrogens with zero attached hydrogens (tertiary/aromatic N) is 3. The summed E-state index contributed by atoms with van der Waals surface area (Å²) < 4.78 is 2.07. The van der Waals surface area contributed by atoms with E-state index in [-0.39, 0.29) is 0 Å². The minimum atomic E-state index is 0.376. The highest BCUT2D eigenvalue weighted by Crippen LogP contribution is 2.32. The molecule has 0 saturated carbocycles. The number of hydrogen-bond donors (Lipinski definition) is 0. The zero-order valence-corrected chi connectivity index (χ0v) is 11.3. The van der Waals surface area contributed by atoms with Gasteiger partial charge in [-0.3, -0.25) is 0 Å². The fraction of sp³-hybridized carbons (Fsp3) is 0.375. The standard InChI is InChI=1S/C16H19N3/c1-3-12(2)15-17-16-14(10-7-11-19(16)18-15)13-8-5-4-6-9-13/h4-6,8-9,14H,2-3,7,10-11H2,1H3. The molecule has 1 aromatic heterocycles. The molecule has 1 aliphatic rings. The normalized spacial score (nSPS) is 18.1. The molecule has 0 saturated heterocycles. The summed E-state index contributed by atoms with van der Waals surface area (Å²) in [5.41, 5.74) is 2.36. The monoisotopic (exact) mass is 253 g/mol. The third-order valence-electron chi connectivity index (χ3n) is 3.82. The van der Waals surface area contributed by atoms with Crippen molar-refractivity contribution in [3.05, 3.63) is 54.1 Å². The largest absolute Gasteiger partial charge is 0.249 e. The molecular formula is C16H19N3. The van der Waals surface area contributed by atoms with Crippen LogP contribution in [0.2, 0.25) is 0 Å². The first kappa shape index (κ1) is 12.2. The second-order valence-electron chi connectivity index (χ2n) is 5.08. The Morgan fingerprint density at radius 3 is 2.89 bits per heavy atom. The van der Waals surface area contributed by atoms with E-state index in [0.29, 0.717) is 5.92 Å². The zero-order chi connectivity index (χ0) is 13.2. The van der Waals surface area contributed by atoms with E-state index in [0.717, 1.165) is 43.0 Å². The molecule has 0 N–H and O–H groups in total. The van der Waals surface area contributed by atoms with Crippen molar-refractivity contribution < 1.29 is 0 Å². The van der Waals surface area contributed by atoms with Crippen molar-refractivity contribution in [3.63, 3.8) is 0 Å². The highest BCUT2D eigenvalue weighted by molar-refractivity contribution is 5.56. The summed E-state index contributed by atoms with van der Waals surface area (Å²) in [7, 11) is 0. The maximum absolute atomic E-state index is 4.73. The van der Waals surface area contributed by atoms with Crippen LogP contribution in [0, 0.1) is 0 Å². The summed E-state index contributed by atoms with van der Waals surface area (Å²) in [6, 6.07) is 10.6. The first-order chi connectivity index (χ1) is 9.29. The topological polar surface area (TPSA) is 30.7 Å². The molecule has 0 bridgehead atoms. The number of allylic oxidation sites excluding steroid dienone is 1. The van der Waals surface area contributed by atoms with Crippen molar-refractivity contribution in [3.8, 4) is 0 Å². The fourth-order valence-corrected chi connectivity index (χ4v) is 2.66. The van der Waals surface area contributed by atoms with Crippen LogP contribution < -0.4 is 0 Å². The first-order valence-corrected chi connectivity index (χ1v) is 6.97. The summed E-state index contributed by atoms with van der Waals surface area (Å²) in [4.78, 5) is 4.73. The molecular weight excluding hydrogens is 234 g/mol. The van der Waals surface area contributed by atoms with E-state index in [1.54, 1.807) is 0 Å². The van der Waals surface area contributed by atoms with Gasteiger partial charge in [0.15, 0.2) is 5.82 Å². The van der Waals surface area contributed by atoms with Crippen LogP contribution in [-0.4, -0.2) is 14.8 Å². The summed E-state index contributed by atoms with van der Waals surface area (Å²) in [5.74, 6) is 2.29. The number of aryl methyl sites for hydroxylation is 1. The molecule has 0 radical (unpaired) electrons. The Kier molecular flexibility index (Phi) is 3.20. The van der Waals surface area contributed by atoms with Gasteiger partial charge in [-0.05, 0) is 30.4 Å². The predicted molar refractivity (Wildman–Crippen MR) is 76.9 cm³/mol. The Morgan fingerprint density at radius 2 is 2.16 bits per heavy atom. The summed E-state index contributed by atoms with van der Waals surface area (Å²) in [5, 5.41) is 4.60. The molecule has 1 aliphatic heterocycles. The van der Waals surface area contributed by atoms with E-state index in [4.69, 9.17) is 4.98 Å². The maximum atomic E-state index is 4.73. The van der Waals surface area contributed by atoms with Gasteiger partial charge in [-0.2, -0.15) is 5.10 Å². The molecule has 2 aromatic rings. The molecule has 3 heteroatoms. The molecule has 0 fully saturated rings. The van der Waals surface area contributed by atoms with Crippen LogP contribution in [0.25, 0.3) is 5.57 Å². The van der Waals surface area contributed by atoms with E-state index in [1.165, 1.54) is 5.56 Å². The van der Waals surface area contributed by atoms with Crippen molar-refractivity contribution >= 4 is 5.57 Å². The van der Waals surface area contributed by atoms with Crippen LogP contribution >= 0.6 is 0 Å². The quantitative estimate of drug-likeness (QED) is 0.836. The third kappa shape index (κ3) is 2.21. The summed E-state index contributed by atoms with van der Waals surface area (Å²) >= 11 is 0.